The number of amides is 1. The minimum Gasteiger partial charge on any atom is -0.487 e. The summed E-state index contributed by atoms with van der Waals surface area (Å²) < 4.78 is 40.7. The first-order chi connectivity index (χ1) is 20.2. The molecule has 2 aromatic rings. The molecule has 1 saturated carbocycles. The van der Waals surface area contributed by atoms with Gasteiger partial charge in [-0.05, 0) is 97.7 Å². The van der Waals surface area contributed by atoms with Gasteiger partial charge in [0.25, 0.3) is 5.91 Å². The van der Waals surface area contributed by atoms with Gasteiger partial charge in [-0.2, -0.15) is 0 Å². The van der Waals surface area contributed by atoms with Gasteiger partial charge in [-0.3, -0.25) is 4.79 Å². The van der Waals surface area contributed by atoms with E-state index in [9.17, 15) is 18.3 Å². The van der Waals surface area contributed by atoms with Crippen molar-refractivity contribution in [3.05, 3.63) is 70.3 Å². The van der Waals surface area contributed by atoms with Crippen LogP contribution in [0.25, 0.3) is 0 Å². The minimum absolute atomic E-state index is 0.0522. The third-order valence-corrected chi connectivity index (χ3v) is 11.2. The van der Waals surface area contributed by atoms with Crippen LogP contribution in [0.3, 0.4) is 0 Å². The number of carbonyl (C=O) groups excluding carboxylic acids is 1. The molecule has 42 heavy (non-hydrogen) atoms. The Balaban J connectivity index is 1.54. The van der Waals surface area contributed by atoms with Crippen LogP contribution in [0.2, 0.25) is 5.02 Å². The van der Waals surface area contributed by atoms with E-state index in [-0.39, 0.29) is 29.9 Å². The lowest BCUT2D eigenvalue weighted by Gasteiger charge is -2.42. The topological polar surface area (TPSA) is 105 Å². The fourth-order valence-electron chi connectivity index (χ4n) is 6.35. The maximum atomic E-state index is 13.4. The van der Waals surface area contributed by atoms with Gasteiger partial charge in [0.2, 0.25) is 10.0 Å². The molecule has 10 heteroatoms. The number of fused-ring (bicyclic) bond motifs is 3. The SMILES string of the molecule is COC[C@H]1[C@@H](C)C/C=C\[C@H](O)[C@@H]2CC[C@H]2CN2CCCCc3cc(Cl)ccc3COc3ccc(cc32)C(=O)NS1(=O)=O. The molecule has 8 nitrogen and oxygen atoms in total. The van der Waals surface area contributed by atoms with E-state index in [1.54, 1.807) is 24.3 Å². The smallest absolute Gasteiger partial charge is 0.264 e. The summed E-state index contributed by atoms with van der Waals surface area (Å²) in [6.07, 6.45) is 8.19. The Bertz CT molecular complexity index is 1410. The number of aliphatic hydroxyl groups is 1. The zero-order chi connectivity index (χ0) is 29.9. The molecule has 5 rings (SSSR count). The number of aryl methyl sites for hydroxylation is 1. The number of sulfonamides is 1. The van der Waals surface area contributed by atoms with Crippen molar-refractivity contribution in [2.75, 3.05) is 31.7 Å². The van der Waals surface area contributed by atoms with Crippen LogP contribution in [0.15, 0.2) is 48.6 Å². The third-order valence-electron chi connectivity index (χ3n) is 9.05. The number of ether oxygens (including phenoxy) is 2. The van der Waals surface area contributed by atoms with Gasteiger partial charge in [0.05, 0.1) is 18.4 Å². The van der Waals surface area contributed by atoms with E-state index < -0.39 is 27.3 Å². The second-order valence-corrected chi connectivity index (χ2v) is 14.2. The Kier molecular flexibility index (Phi) is 9.82. The van der Waals surface area contributed by atoms with Crippen LogP contribution in [-0.2, 0) is 27.8 Å². The average molecular weight is 617 g/mol. The summed E-state index contributed by atoms with van der Waals surface area (Å²) in [5, 5.41) is 10.8. The molecule has 228 valence electrons. The van der Waals surface area contributed by atoms with Crippen molar-refractivity contribution in [3.8, 4) is 5.75 Å². The third kappa shape index (κ3) is 6.96. The Morgan fingerprint density at radius 3 is 2.74 bits per heavy atom. The predicted molar refractivity (Wildman–Crippen MR) is 165 cm³/mol. The summed E-state index contributed by atoms with van der Waals surface area (Å²) in [6.45, 7) is 3.56. The molecule has 2 N–H and O–H groups in total. The van der Waals surface area contributed by atoms with Crippen LogP contribution in [0.1, 0.15) is 60.5 Å². The number of nitrogens with zero attached hydrogens (tertiary/aromatic N) is 1. The number of rotatable bonds is 2. The molecule has 2 aliphatic heterocycles. The Hall–Kier alpha value is -2.59. The van der Waals surface area contributed by atoms with Crippen LogP contribution in [0.4, 0.5) is 5.69 Å². The molecule has 1 aliphatic carbocycles. The van der Waals surface area contributed by atoms with Crippen molar-refractivity contribution >= 4 is 33.2 Å². The standard InChI is InChI=1S/C32H41ClN2O6S/c1-21-6-5-8-29(36)27-13-10-24(27)18-35-15-4-3-7-22-16-26(33)12-9-25(22)19-41-30-14-11-23(17-28(30)35)32(37)34-42(38,39)31(21)20-40-2/h5,8-9,11-12,14,16-17,21,24,27,29,31,36H,3-4,6-7,10,13,15,18-20H2,1-2H3,(H,34,37)/b8-5-/t21-,24-,27+,29-,31-/m0/s1. The van der Waals surface area contributed by atoms with Crippen LogP contribution >= 0.6 is 11.6 Å². The monoisotopic (exact) mass is 616 g/mol. The van der Waals surface area contributed by atoms with Gasteiger partial charge in [-0.1, -0.05) is 36.7 Å². The number of allylic oxidation sites excluding steroid dienone is 1. The van der Waals surface area contributed by atoms with E-state index in [1.807, 2.05) is 31.2 Å². The molecular formula is C32H41ClN2O6S. The molecular weight excluding hydrogens is 576 g/mol. The predicted octanol–water partition coefficient (Wildman–Crippen LogP) is 5.12. The van der Waals surface area contributed by atoms with Crippen LogP contribution in [0, 0.1) is 17.8 Å². The second-order valence-electron chi connectivity index (χ2n) is 11.9. The van der Waals surface area contributed by atoms with Crippen molar-refractivity contribution < 1.29 is 27.8 Å². The molecule has 0 aromatic heterocycles. The molecule has 2 heterocycles. The summed E-state index contributed by atoms with van der Waals surface area (Å²) in [7, 11) is -2.61. The van der Waals surface area contributed by atoms with Crippen molar-refractivity contribution in [1.82, 2.24) is 4.72 Å². The molecule has 3 aliphatic rings. The normalized spacial score (nSPS) is 29.0. The lowest BCUT2D eigenvalue weighted by molar-refractivity contribution is 0.0460. The molecule has 0 spiro atoms. The molecule has 0 radical (unpaired) electrons. The highest BCUT2D eigenvalue weighted by Gasteiger charge is 2.37. The lowest BCUT2D eigenvalue weighted by atomic mass is 9.70. The first-order valence-corrected chi connectivity index (χ1v) is 16.8. The quantitative estimate of drug-likeness (QED) is 0.451. The fraction of sp³-hybridized carbons (Fsp3) is 0.531. The summed E-state index contributed by atoms with van der Waals surface area (Å²) in [5.74, 6) is 0.00442. The second kappa shape index (κ2) is 13.4. The van der Waals surface area contributed by atoms with Gasteiger partial charge in [0.15, 0.2) is 0 Å². The molecule has 0 saturated heterocycles. The number of nitrogens with one attached hydrogen (secondary N) is 1. The lowest BCUT2D eigenvalue weighted by Crippen LogP contribution is -2.44. The number of carbonyl (C=O) groups is 1. The summed E-state index contributed by atoms with van der Waals surface area (Å²) in [4.78, 5) is 15.7. The van der Waals surface area contributed by atoms with Crippen molar-refractivity contribution in [2.45, 2.75) is 63.4 Å². The number of anilines is 1. The zero-order valence-corrected chi connectivity index (χ0v) is 25.9. The van der Waals surface area contributed by atoms with E-state index in [4.69, 9.17) is 21.1 Å². The van der Waals surface area contributed by atoms with E-state index in [0.717, 1.165) is 55.5 Å². The molecule has 2 bridgehead atoms. The van der Waals surface area contributed by atoms with Crippen LogP contribution in [0.5, 0.6) is 5.75 Å². The Morgan fingerprint density at radius 2 is 1.98 bits per heavy atom. The molecule has 0 unspecified atom stereocenters. The Labute approximate surface area is 254 Å². The minimum atomic E-state index is -4.06. The zero-order valence-electron chi connectivity index (χ0n) is 24.3. The van der Waals surface area contributed by atoms with Gasteiger partial charge >= 0.3 is 0 Å². The fourth-order valence-corrected chi connectivity index (χ4v) is 8.11. The van der Waals surface area contributed by atoms with Crippen LogP contribution in [-0.4, -0.2) is 57.6 Å². The summed E-state index contributed by atoms with van der Waals surface area (Å²) in [6, 6.07) is 11.0. The van der Waals surface area contributed by atoms with Crippen molar-refractivity contribution in [2.24, 2.45) is 17.8 Å². The maximum Gasteiger partial charge on any atom is 0.264 e. The summed E-state index contributed by atoms with van der Waals surface area (Å²) in [5.41, 5.74) is 3.22. The van der Waals surface area contributed by atoms with Gasteiger partial charge < -0.3 is 19.5 Å². The van der Waals surface area contributed by atoms with E-state index in [0.29, 0.717) is 30.3 Å². The van der Waals surface area contributed by atoms with Crippen LogP contribution < -0.4 is 14.4 Å². The first kappa shape index (κ1) is 30.9. The van der Waals surface area contributed by atoms with E-state index in [2.05, 4.69) is 9.62 Å². The summed E-state index contributed by atoms with van der Waals surface area (Å²) >= 11 is 6.30. The highest BCUT2D eigenvalue weighted by Crippen LogP contribution is 2.41. The first-order valence-electron chi connectivity index (χ1n) is 14.8. The van der Waals surface area contributed by atoms with Gasteiger partial charge in [0, 0.05) is 30.8 Å². The van der Waals surface area contributed by atoms with Gasteiger partial charge in [-0.25, -0.2) is 13.1 Å². The number of methoxy groups -OCH3 is 1. The Morgan fingerprint density at radius 1 is 1.14 bits per heavy atom. The molecule has 5 atom stereocenters. The number of aliphatic hydroxyl groups excluding tert-OH is 1. The van der Waals surface area contributed by atoms with Gasteiger partial charge in [0.1, 0.15) is 17.6 Å². The number of hydrogen-bond acceptors (Lipinski definition) is 7. The van der Waals surface area contributed by atoms with E-state index in [1.165, 1.54) is 7.11 Å². The molecule has 1 amide bonds. The molecule has 1 fully saturated rings. The molecule has 2 aromatic carbocycles. The number of hydrogen-bond donors (Lipinski definition) is 2. The van der Waals surface area contributed by atoms with E-state index >= 15 is 0 Å². The number of halogens is 1. The average Bonchev–Trinajstić information content (AvgIpc) is 2.96. The number of benzene rings is 2. The highest BCUT2D eigenvalue weighted by molar-refractivity contribution is 7.90. The highest BCUT2D eigenvalue weighted by atomic mass is 35.5. The largest absolute Gasteiger partial charge is 0.487 e. The maximum absolute atomic E-state index is 13.4. The van der Waals surface area contributed by atoms with Gasteiger partial charge in [-0.15, -0.1) is 0 Å². The van der Waals surface area contributed by atoms with Crippen molar-refractivity contribution in [3.63, 3.8) is 0 Å². The van der Waals surface area contributed by atoms with Crippen molar-refractivity contribution in [1.29, 1.82) is 0 Å².